The highest BCUT2D eigenvalue weighted by molar-refractivity contribution is 6.31. The summed E-state index contributed by atoms with van der Waals surface area (Å²) in [4.78, 5) is 24.1. The molecular weight excluding hydrogens is 244 g/mol. The average Bonchev–Trinajstić information content (AvgIpc) is 2.23. The van der Waals surface area contributed by atoms with Crippen molar-refractivity contribution >= 4 is 17.6 Å². The molecule has 0 aliphatic heterocycles. The third-order valence-electron chi connectivity index (χ3n) is 1.94. The molecule has 88 valence electrons. The lowest BCUT2D eigenvalue weighted by molar-refractivity contribution is -0.139. The maximum atomic E-state index is 12.6. The minimum atomic E-state index is -2.92. The predicted octanol–water partition coefficient (Wildman–Crippen LogP) is 1.68. The molecule has 0 bridgehead atoms. The van der Waals surface area contributed by atoms with Crippen LogP contribution in [0.2, 0.25) is 5.02 Å². The van der Waals surface area contributed by atoms with Gasteiger partial charge in [-0.05, 0) is 5.56 Å². The van der Waals surface area contributed by atoms with E-state index in [2.05, 4.69) is 9.72 Å². The van der Waals surface area contributed by atoms with Gasteiger partial charge in [-0.25, -0.2) is 8.78 Å². The van der Waals surface area contributed by atoms with E-state index < -0.39 is 28.5 Å². The summed E-state index contributed by atoms with van der Waals surface area (Å²) in [5.74, 6) is -0.690. The number of halogens is 3. The Hall–Kier alpha value is -1.43. The molecule has 0 saturated carbocycles. The van der Waals surface area contributed by atoms with Gasteiger partial charge in [0.25, 0.3) is 12.0 Å². The van der Waals surface area contributed by atoms with Gasteiger partial charge in [0, 0.05) is 11.8 Å². The Balaban J connectivity index is 3.23. The van der Waals surface area contributed by atoms with E-state index in [9.17, 15) is 18.4 Å². The first kappa shape index (κ1) is 12.6. The van der Waals surface area contributed by atoms with Gasteiger partial charge in [-0.15, -0.1) is 0 Å². The van der Waals surface area contributed by atoms with E-state index in [-0.39, 0.29) is 12.0 Å². The van der Waals surface area contributed by atoms with Crippen molar-refractivity contribution in [3.63, 3.8) is 0 Å². The number of nitrogens with one attached hydrogen (secondary N) is 1. The highest BCUT2D eigenvalue weighted by Crippen LogP contribution is 2.27. The minimum absolute atomic E-state index is 0.0496. The van der Waals surface area contributed by atoms with E-state index in [0.717, 1.165) is 13.3 Å². The number of pyridine rings is 1. The van der Waals surface area contributed by atoms with Crippen molar-refractivity contribution in [3.05, 3.63) is 32.7 Å². The van der Waals surface area contributed by atoms with Crippen molar-refractivity contribution in [3.8, 4) is 0 Å². The second-order valence-electron chi connectivity index (χ2n) is 2.92. The van der Waals surface area contributed by atoms with Gasteiger partial charge in [-0.3, -0.25) is 9.59 Å². The van der Waals surface area contributed by atoms with E-state index in [4.69, 9.17) is 11.6 Å². The number of hydrogen-bond donors (Lipinski definition) is 1. The summed E-state index contributed by atoms with van der Waals surface area (Å²) in [6.07, 6.45) is -2.26. The Bertz CT molecular complexity index is 459. The fraction of sp³-hybridized carbons (Fsp3) is 0.333. The van der Waals surface area contributed by atoms with Crippen LogP contribution in [0.1, 0.15) is 17.6 Å². The predicted molar refractivity (Wildman–Crippen MR) is 52.7 cm³/mol. The van der Waals surface area contributed by atoms with Gasteiger partial charge in [0.1, 0.15) is 5.02 Å². The molecule has 0 aliphatic carbocycles. The van der Waals surface area contributed by atoms with E-state index in [1.54, 1.807) is 0 Å². The van der Waals surface area contributed by atoms with Crippen molar-refractivity contribution in [2.24, 2.45) is 0 Å². The molecule has 1 heterocycles. The standard InChI is InChI=1S/C9H8ClF2NO3/c1-16-5(14)2-4-3-13-9(15)7(10)6(4)8(11)12/h3,8H,2H2,1H3,(H,13,15). The molecule has 0 saturated heterocycles. The highest BCUT2D eigenvalue weighted by Gasteiger charge is 2.21. The zero-order chi connectivity index (χ0) is 12.3. The molecule has 16 heavy (non-hydrogen) atoms. The summed E-state index contributed by atoms with van der Waals surface area (Å²) < 4.78 is 29.6. The number of H-pyrrole nitrogens is 1. The lowest BCUT2D eigenvalue weighted by Gasteiger charge is -2.08. The first-order valence-electron chi connectivity index (χ1n) is 4.22. The second-order valence-corrected chi connectivity index (χ2v) is 3.30. The van der Waals surface area contributed by atoms with Crippen molar-refractivity contribution < 1.29 is 18.3 Å². The molecule has 1 rings (SSSR count). The summed E-state index contributed by atoms with van der Waals surface area (Å²) >= 11 is 5.44. The minimum Gasteiger partial charge on any atom is -0.469 e. The summed E-state index contributed by atoms with van der Waals surface area (Å²) in [6.45, 7) is 0. The van der Waals surface area contributed by atoms with Crippen molar-refractivity contribution in [1.82, 2.24) is 4.98 Å². The first-order chi connectivity index (χ1) is 7.47. The van der Waals surface area contributed by atoms with Gasteiger partial charge in [0.2, 0.25) is 0 Å². The molecular formula is C9H8ClF2NO3. The molecule has 0 unspecified atom stereocenters. The molecule has 0 aromatic carbocycles. The molecule has 0 spiro atoms. The summed E-state index contributed by atoms with van der Waals surface area (Å²) in [7, 11) is 1.14. The molecule has 7 heteroatoms. The Morgan fingerprint density at radius 2 is 2.25 bits per heavy atom. The van der Waals surface area contributed by atoms with Crippen molar-refractivity contribution in [2.45, 2.75) is 12.8 Å². The van der Waals surface area contributed by atoms with Gasteiger partial charge in [-0.1, -0.05) is 11.6 Å². The quantitative estimate of drug-likeness (QED) is 0.832. The lowest BCUT2D eigenvalue weighted by atomic mass is 10.1. The summed E-state index contributed by atoms with van der Waals surface area (Å²) in [5, 5.41) is -0.601. The number of esters is 1. The van der Waals surface area contributed by atoms with Gasteiger partial charge >= 0.3 is 5.97 Å². The number of aromatic amines is 1. The van der Waals surface area contributed by atoms with Crippen LogP contribution in [0.15, 0.2) is 11.0 Å². The van der Waals surface area contributed by atoms with Crippen LogP contribution in [0.25, 0.3) is 0 Å². The van der Waals surface area contributed by atoms with Gasteiger partial charge in [-0.2, -0.15) is 0 Å². The van der Waals surface area contributed by atoms with E-state index >= 15 is 0 Å². The van der Waals surface area contributed by atoms with Crippen molar-refractivity contribution in [2.75, 3.05) is 7.11 Å². The Morgan fingerprint density at radius 3 is 2.75 bits per heavy atom. The monoisotopic (exact) mass is 251 g/mol. The van der Waals surface area contributed by atoms with Crippen LogP contribution in [0.5, 0.6) is 0 Å². The normalized spacial score (nSPS) is 10.6. The number of ether oxygens (including phenoxy) is 1. The number of hydrogen-bond acceptors (Lipinski definition) is 3. The number of carbonyl (C=O) groups excluding carboxylic acids is 1. The SMILES string of the molecule is COC(=O)Cc1c[nH]c(=O)c(Cl)c1C(F)F. The van der Waals surface area contributed by atoms with Crippen LogP contribution in [-0.2, 0) is 16.0 Å². The molecule has 1 aromatic heterocycles. The van der Waals surface area contributed by atoms with Crippen molar-refractivity contribution in [1.29, 1.82) is 0 Å². The topological polar surface area (TPSA) is 59.2 Å². The second kappa shape index (κ2) is 5.07. The van der Waals surface area contributed by atoms with Crippen LogP contribution in [-0.4, -0.2) is 18.1 Å². The summed E-state index contributed by atoms with van der Waals surface area (Å²) in [6, 6.07) is 0. The molecule has 1 N–H and O–H groups in total. The van der Waals surface area contributed by atoms with Crippen LogP contribution in [0.3, 0.4) is 0 Å². The zero-order valence-electron chi connectivity index (χ0n) is 8.22. The Kier molecular flexibility index (Phi) is 4.00. The number of methoxy groups -OCH3 is 1. The maximum absolute atomic E-state index is 12.6. The number of carbonyl (C=O) groups is 1. The molecule has 4 nitrogen and oxygen atoms in total. The molecule has 0 fully saturated rings. The smallest absolute Gasteiger partial charge is 0.310 e. The molecule has 0 aliphatic rings. The number of alkyl halides is 2. The number of aromatic nitrogens is 1. The van der Waals surface area contributed by atoms with E-state index in [1.807, 2.05) is 0 Å². The third-order valence-corrected chi connectivity index (χ3v) is 2.32. The Morgan fingerprint density at radius 1 is 1.62 bits per heavy atom. The third kappa shape index (κ3) is 2.57. The van der Waals surface area contributed by atoms with Crippen LogP contribution in [0.4, 0.5) is 8.78 Å². The highest BCUT2D eigenvalue weighted by atomic mass is 35.5. The fourth-order valence-corrected chi connectivity index (χ4v) is 1.43. The first-order valence-corrected chi connectivity index (χ1v) is 4.60. The lowest BCUT2D eigenvalue weighted by Crippen LogP contribution is -2.15. The zero-order valence-corrected chi connectivity index (χ0v) is 8.98. The van der Waals surface area contributed by atoms with Gasteiger partial charge < -0.3 is 9.72 Å². The largest absolute Gasteiger partial charge is 0.469 e. The maximum Gasteiger partial charge on any atom is 0.310 e. The molecule has 0 radical (unpaired) electrons. The molecule has 0 atom stereocenters. The van der Waals surface area contributed by atoms with Gasteiger partial charge in [0.05, 0.1) is 13.5 Å². The van der Waals surface area contributed by atoms with Crippen LogP contribution in [0, 0.1) is 0 Å². The summed E-state index contributed by atoms with van der Waals surface area (Å²) in [5.41, 5.74) is -1.49. The van der Waals surface area contributed by atoms with Crippen LogP contribution < -0.4 is 5.56 Å². The Labute approximate surface area is 94.2 Å². The van der Waals surface area contributed by atoms with Crippen LogP contribution >= 0.6 is 11.6 Å². The van der Waals surface area contributed by atoms with Gasteiger partial charge in [0.15, 0.2) is 0 Å². The average molecular weight is 252 g/mol. The number of rotatable bonds is 3. The molecule has 0 amide bonds. The van der Waals surface area contributed by atoms with E-state index in [0.29, 0.717) is 0 Å². The fourth-order valence-electron chi connectivity index (χ4n) is 1.17. The van der Waals surface area contributed by atoms with E-state index in [1.165, 1.54) is 0 Å². The molecule has 1 aromatic rings.